The number of hydrogen-bond donors (Lipinski definition) is 3. The van der Waals surface area contributed by atoms with Crippen molar-refractivity contribution in [2.24, 2.45) is 5.92 Å². The van der Waals surface area contributed by atoms with E-state index in [2.05, 4.69) is 6.08 Å². The SMILES string of the molecule is CC[C@H](O)c1cc(=O)oc2c(C/C=C(\C)CC=C(C)C)c(O)c(C(=O)CC(C)C)c(O)c12. The van der Waals surface area contributed by atoms with E-state index >= 15 is 0 Å². The van der Waals surface area contributed by atoms with Gasteiger partial charge in [0.15, 0.2) is 5.78 Å². The molecular formula is C26H34O6. The maximum atomic E-state index is 12.9. The van der Waals surface area contributed by atoms with Crippen molar-refractivity contribution in [1.29, 1.82) is 0 Å². The van der Waals surface area contributed by atoms with Crippen LogP contribution >= 0.6 is 0 Å². The first-order valence-corrected chi connectivity index (χ1v) is 11.0. The molecule has 1 aromatic heterocycles. The largest absolute Gasteiger partial charge is 0.507 e. The molecule has 0 radical (unpaired) electrons. The zero-order chi connectivity index (χ0) is 24.2. The van der Waals surface area contributed by atoms with Crippen LogP contribution in [0.1, 0.15) is 88.4 Å². The van der Waals surface area contributed by atoms with Crippen molar-refractivity contribution in [2.45, 2.75) is 73.3 Å². The Morgan fingerprint density at radius 1 is 1.12 bits per heavy atom. The van der Waals surface area contributed by atoms with Crippen molar-refractivity contribution in [1.82, 2.24) is 0 Å². The van der Waals surface area contributed by atoms with Gasteiger partial charge >= 0.3 is 5.63 Å². The zero-order valence-corrected chi connectivity index (χ0v) is 19.8. The van der Waals surface area contributed by atoms with Gasteiger partial charge in [0.05, 0.1) is 11.5 Å². The molecule has 2 aromatic rings. The van der Waals surface area contributed by atoms with Gasteiger partial charge in [0.25, 0.3) is 0 Å². The van der Waals surface area contributed by atoms with E-state index in [9.17, 15) is 24.9 Å². The van der Waals surface area contributed by atoms with Crippen molar-refractivity contribution in [3.63, 3.8) is 0 Å². The Kier molecular flexibility index (Phi) is 8.44. The van der Waals surface area contributed by atoms with Gasteiger partial charge in [-0.1, -0.05) is 44.1 Å². The number of hydrogen-bond acceptors (Lipinski definition) is 6. The number of Topliss-reactive ketones (excluding diaryl/α,β-unsaturated/α-hetero) is 1. The van der Waals surface area contributed by atoms with Gasteiger partial charge in [-0.15, -0.1) is 0 Å². The van der Waals surface area contributed by atoms with Crippen LogP contribution in [0.3, 0.4) is 0 Å². The van der Waals surface area contributed by atoms with Crippen LogP contribution in [0.5, 0.6) is 11.5 Å². The highest BCUT2D eigenvalue weighted by molar-refractivity contribution is 6.08. The Bertz CT molecular complexity index is 1110. The Hall–Kier alpha value is -2.86. The lowest BCUT2D eigenvalue weighted by atomic mass is 9.91. The van der Waals surface area contributed by atoms with Gasteiger partial charge in [-0.05, 0) is 46.0 Å². The number of aromatic hydroxyl groups is 2. The first-order chi connectivity index (χ1) is 15.0. The third kappa shape index (κ3) is 5.68. The minimum atomic E-state index is -1.03. The number of phenols is 2. The molecule has 0 amide bonds. The van der Waals surface area contributed by atoms with E-state index in [-0.39, 0.29) is 46.4 Å². The number of phenolic OH excluding ortho intramolecular Hbond substituents is 2. The third-order valence-electron chi connectivity index (χ3n) is 5.37. The predicted molar refractivity (Wildman–Crippen MR) is 126 cm³/mol. The standard InChI is InChI=1S/C26H34O6/c1-7-19(27)18-13-21(29)32-26-17(11-10-16(6)9-8-14(2)3)24(30)23(25(31)22(18)26)20(28)12-15(4)5/h8,10,13,15,19,27,30-31H,7,9,11-12H2,1-6H3/b16-10+/t19-/m0/s1. The van der Waals surface area contributed by atoms with Crippen LogP contribution in [0.4, 0.5) is 0 Å². The van der Waals surface area contributed by atoms with E-state index in [4.69, 9.17) is 4.42 Å². The second kappa shape index (κ2) is 10.6. The first-order valence-electron chi connectivity index (χ1n) is 11.0. The molecular weight excluding hydrogens is 408 g/mol. The van der Waals surface area contributed by atoms with Crippen LogP contribution in [-0.2, 0) is 6.42 Å². The number of ketones is 1. The van der Waals surface area contributed by atoms with Crippen LogP contribution in [0.2, 0.25) is 0 Å². The summed E-state index contributed by atoms with van der Waals surface area (Å²) in [6.45, 7) is 11.4. The van der Waals surface area contributed by atoms with Crippen molar-refractivity contribution in [3.8, 4) is 11.5 Å². The molecule has 0 bridgehead atoms. The highest BCUT2D eigenvalue weighted by Crippen LogP contribution is 2.43. The van der Waals surface area contributed by atoms with E-state index in [1.54, 1.807) is 6.92 Å². The summed E-state index contributed by atoms with van der Waals surface area (Å²) in [7, 11) is 0. The van der Waals surface area contributed by atoms with Gasteiger partial charge in [-0.25, -0.2) is 4.79 Å². The van der Waals surface area contributed by atoms with Crippen molar-refractivity contribution >= 4 is 16.8 Å². The molecule has 6 heteroatoms. The zero-order valence-electron chi connectivity index (χ0n) is 19.8. The normalized spacial score (nSPS) is 12.9. The van der Waals surface area contributed by atoms with E-state index < -0.39 is 29.0 Å². The number of carbonyl (C=O) groups is 1. The van der Waals surface area contributed by atoms with Gasteiger partial charge in [0, 0.05) is 23.6 Å². The van der Waals surface area contributed by atoms with Crippen LogP contribution < -0.4 is 5.63 Å². The smallest absolute Gasteiger partial charge is 0.336 e. The Morgan fingerprint density at radius 2 is 1.78 bits per heavy atom. The summed E-state index contributed by atoms with van der Waals surface area (Å²) in [4.78, 5) is 25.2. The fraction of sp³-hybridized carbons (Fsp3) is 0.462. The molecule has 1 atom stereocenters. The molecule has 32 heavy (non-hydrogen) atoms. The molecule has 0 fully saturated rings. The maximum Gasteiger partial charge on any atom is 0.336 e. The van der Waals surface area contributed by atoms with Crippen LogP contribution in [-0.4, -0.2) is 21.1 Å². The number of aliphatic hydroxyl groups is 1. The molecule has 1 heterocycles. The summed E-state index contributed by atoms with van der Waals surface area (Å²) >= 11 is 0. The molecule has 1 aromatic carbocycles. The van der Waals surface area contributed by atoms with Crippen LogP contribution in [0, 0.1) is 5.92 Å². The monoisotopic (exact) mass is 442 g/mol. The van der Waals surface area contributed by atoms with Crippen LogP contribution in [0.25, 0.3) is 11.0 Å². The average molecular weight is 443 g/mol. The Morgan fingerprint density at radius 3 is 2.34 bits per heavy atom. The molecule has 2 rings (SSSR count). The number of fused-ring (bicyclic) bond motifs is 1. The van der Waals surface area contributed by atoms with Gasteiger partial charge in [-0.3, -0.25) is 4.79 Å². The number of carbonyl (C=O) groups excluding carboxylic acids is 1. The molecule has 0 aliphatic heterocycles. The molecule has 6 nitrogen and oxygen atoms in total. The number of benzene rings is 1. The molecule has 0 unspecified atom stereocenters. The minimum absolute atomic E-state index is 0.0117. The molecule has 0 spiro atoms. The molecule has 0 aliphatic carbocycles. The van der Waals surface area contributed by atoms with E-state index in [0.29, 0.717) is 6.42 Å². The fourth-order valence-corrected chi connectivity index (χ4v) is 3.60. The van der Waals surface area contributed by atoms with Gasteiger partial charge in [0.2, 0.25) is 0 Å². The molecule has 174 valence electrons. The highest BCUT2D eigenvalue weighted by atomic mass is 16.4. The van der Waals surface area contributed by atoms with Gasteiger partial charge in [0.1, 0.15) is 22.6 Å². The van der Waals surface area contributed by atoms with E-state index in [1.807, 2.05) is 40.7 Å². The lowest BCUT2D eigenvalue weighted by Gasteiger charge is -2.18. The topological polar surface area (TPSA) is 108 Å². The Labute approximate surface area is 188 Å². The molecule has 3 N–H and O–H groups in total. The minimum Gasteiger partial charge on any atom is -0.507 e. The first kappa shape index (κ1) is 25.4. The average Bonchev–Trinajstić information content (AvgIpc) is 2.70. The van der Waals surface area contributed by atoms with Crippen molar-refractivity contribution in [2.75, 3.05) is 0 Å². The summed E-state index contributed by atoms with van der Waals surface area (Å²) in [5.41, 5.74) is 1.73. The third-order valence-corrected chi connectivity index (χ3v) is 5.37. The molecule has 0 saturated carbocycles. The lowest BCUT2D eigenvalue weighted by Crippen LogP contribution is -2.10. The van der Waals surface area contributed by atoms with E-state index in [1.165, 1.54) is 5.57 Å². The molecule has 0 saturated heterocycles. The fourth-order valence-electron chi connectivity index (χ4n) is 3.60. The lowest BCUT2D eigenvalue weighted by molar-refractivity contribution is 0.0962. The van der Waals surface area contributed by atoms with Gasteiger partial charge < -0.3 is 19.7 Å². The summed E-state index contributed by atoms with van der Waals surface area (Å²) in [5, 5.41) is 32.6. The summed E-state index contributed by atoms with van der Waals surface area (Å²) in [5.74, 6) is -1.26. The quantitative estimate of drug-likeness (QED) is 0.260. The summed E-state index contributed by atoms with van der Waals surface area (Å²) in [6.07, 6.45) is 4.28. The second-order valence-electron chi connectivity index (χ2n) is 8.96. The second-order valence-corrected chi connectivity index (χ2v) is 8.96. The highest BCUT2D eigenvalue weighted by Gasteiger charge is 2.28. The van der Waals surface area contributed by atoms with Crippen molar-refractivity contribution < 1.29 is 24.5 Å². The summed E-state index contributed by atoms with van der Waals surface area (Å²) < 4.78 is 5.40. The number of aliphatic hydroxyl groups excluding tert-OH is 1. The number of allylic oxidation sites excluding steroid dienone is 4. The molecule has 0 aliphatic rings. The predicted octanol–water partition coefficient (Wildman–Crippen LogP) is 5.72. The maximum absolute atomic E-state index is 12.9. The summed E-state index contributed by atoms with van der Waals surface area (Å²) in [6, 6.07) is 1.13. The van der Waals surface area contributed by atoms with Crippen LogP contribution in [0.15, 0.2) is 38.6 Å². The van der Waals surface area contributed by atoms with Crippen molar-refractivity contribution in [3.05, 3.63) is 56.5 Å². The Balaban J connectivity index is 2.84. The van der Waals surface area contributed by atoms with Gasteiger partial charge in [-0.2, -0.15) is 0 Å². The number of rotatable bonds is 9. The van der Waals surface area contributed by atoms with E-state index in [0.717, 1.165) is 18.1 Å².